The minimum atomic E-state index is -0.791. The molecule has 124 valence electrons. The molecule has 5 heteroatoms. The molecule has 2 rings (SSSR count). The lowest BCUT2D eigenvalue weighted by molar-refractivity contribution is -0.137. The van der Waals surface area contributed by atoms with Crippen LogP contribution >= 0.6 is 0 Å². The smallest absolute Gasteiger partial charge is 0.303 e. The molecular weight excluding hydrogens is 297 g/mol. The van der Waals surface area contributed by atoms with Crippen LogP contribution in [0.25, 0.3) is 6.08 Å². The number of amides is 1. The number of hydrogen-bond acceptors (Lipinski definition) is 2. The number of carbonyl (C=O) groups is 2. The van der Waals surface area contributed by atoms with Gasteiger partial charge in [0.2, 0.25) is 5.91 Å². The van der Waals surface area contributed by atoms with Gasteiger partial charge >= 0.3 is 5.97 Å². The third-order valence-electron chi connectivity index (χ3n) is 4.16. The van der Waals surface area contributed by atoms with Crippen molar-refractivity contribution in [2.75, 3.05) is 13.1 Å². The van der Waals surface area contributed by atoms with E-state index in [0.717, 1.165) is 18.4 Å². The lowest BCUT2D eigenvalue weighted by Gasteiger charge is -2.33. The van der Waals surface area contributed by atoms with E-state index < -0.39 is 5.97 Å². The Balaban J connectivity index is 1.98. The number of halogens is 1. The van der Waals surface area contributed by atoms with Crippen LogP contribution < -0.4 is 0 Å². The maximum atomic E-state index is 12.9. The highest BCUT2D eigenvalue weighted by molar-refractivity contribution is 5.97. The van der Waals surface area contributed by atoms with Crippen molar-refractivity contribution in [3.8, 4) is 0 Å². The Labute approximate surface area is 135 Å². The van der Waals surface area contributed by atoms with Crippen molar-refractivity contribution < 1.29 is 19.1 Å². The number of hydrogen-bond donors (Lipinski definition) is 1. The van der Waals surface area contributed by atoms with Gasteiger partial charge in [-0.15, -0.1) is 0 Å². The number of carboxylic acid groups (broad SMARTS) is 1. The number of carboxylic acids is 1. The fraction of sp³-hybridized carbons (Fsp3) is 0.444. The van der Waals surface area contributed by atoms with E-state index in [0.29, 0.717) is 25.1 Å². The van der Waals surface area contributed by atoms with Crippen molar-refractivity contribution in [1.82, 2.24) is 4.90 Å². The third kappa shape index (κ3) is 5.20. The van der Waals surface area contributed by atoms with Gasteiger partial charge in [-0.3, -0.25) is 9.59 Å². The summed E-state index contributed by atoms with van der Waals surface area (Å²) in [5, 5.41) is 8.77. The van der Waals surface area contributed by atoms with Gasteiger partial charge in [-0.05, 0) is 55.9 Å². The molecule has 0 radical (unpaired) electrons. The van der Waals surface area contributed by atoms with Gasteiger partial charge in [0.15, 0.2) is 0 Å². The lowest BCUT2D eigenvalue weighted by Crippen LogP contribution is -2.40. The Kier molecular flexibility index (Phi) is 5.90. The number of aliphatic carboxylic acids is 1. The zero-order valence-electron chi connectivity index (χ0n) is 13.3. The summed E-state index contributed by atoms with van der Waals surface area (Å²) in [6, 6.07) is 6.01. The molecule has 0 saturated carbocycles. The minimum absolute atomic E-state index is 0.0330. The first kappa shape index (κ1) is 17.2. The topological polar surface area (TPSA) is 57.6 Å². The largest absolute Gasteiger partial charge is 0.481 e. The third-order valence-corrected chi connectivity index (χ3v) is 4.16. The molecule has 0 bridgehead atoms. The Morgan fingerprint density at radius 1 is 1.35 bits per heavy atom. The standard InChI is InChI=1S/C18H22FNO3/c1-13(11-14-4-7-16(19)8-5-14)18(23)20-10-2-3-15(12-20)6-9-17(21)22/h4-5,7-8,11,15H,2-3,6,9-10,12H2,1H3,(H,21,22)/b13-11-. The summed E-state index contributed by atoms with van der Waals surface area (Å²) in [5.74, 6) is -0.874. The molecule has 1 unspecified atom stereocenters. The molecule has 1 aliphatic heterocycles. The van der Waals surface area contributed by atoms with Crippen LogP contribution in [0.3, 0.4) is 0 Å². The van der Waals surface area contributed by atoms with Crippen LogP contribution in [0.15, 0.2) is 29.8 Å². The van der Waals surface area contributed by atoms with E-state index in [-0.39, 0.29) is 24.1 Å². The fourth-order valence-corrected chi connectivity index (χ4v) is 2.93. The molecule has 1 aromatic carbocycles. The van der Waals surface area contributed by atoms with E-state index in [4.69, 9.17) is 5.11 Å². The molecule has 1 heterocycles. The summed E-state index contributed by atoms with van der Waals surface area (Å²) < 4.78 is 12.9. The molecule has 1 N–H and O–H groups in total. The molecule has 0 spiro atoms. The zero-order chi connectivity index (χ0) is 16.8. The predicted octanol–water partition coefficient (Wildman–Crippen LogP) is 3.33. The zero-order valence-corrected chi connectivity index (χ0v) is 13.3. The van der Waals surface area contributed by atoms with E-state index in [9.17, 15) is 14.0 Å². The molecule has 1 aromatic rings. The highest BCUT2D eigenvalue weighted by Gasteiger charge is 2.24. The molecule has 23 heavy (non-hydrogen) atoms. The molecule has 0 aliphatic carbocycles. The molecule has 1 aliphatic rings. The highest BCUT2D eigenvalue weighted by Crippen LogP contribution is 2.22. The number of nitrogens with zero attached hydrogens (tertiary/aromatic N) is 1. The number of piperidine rings is 1. The van der Waals surface area contributed by atoms with E-state index in [1.165, 1.54) is 12.1 Å². The first-order valence-electron chi connectivity index (χ1n) is 7.90. The molecule has 1 saturated heterocycles. The molecule has 4 nitrogen and oxygen atoms in total. The Morgan fingerprint density at radius 2 is 2.04 bits per heavy atom. The normalized spacial score (nSPS) is 18.8. The average Bonchev–Trinajstić information content (AvgIpc) is 2.54. The second-order valence-electron chi connectivity index (χ2n) is 6.07. The number of carbonyl (C=O) groups excluding carboxylic acids is 1. The van der Waals surface area contributed by atoms with Crippen molar-refractivity contribution in [3.63, 3.8) is 0 Å². The van der Waals surface area contributed by atoms with Crippen LogP contribution in [-0.2, 0) is 9.59 Å². The summed E-state index contributed by atoms with van der Waals surface area (Å²) in [7, 11) is 0. The van der Waals surface area contributed by atoms with Crippen LogP contribution in [0.1, 0.15) is 38.2 Å². The Morgan fingerprint density at radius 3 is 2.70 bits per heavy atom. The van der Waals surface area contributed by atoms with Crippen molar-refractivity contribution in [2.24, 2.45) is 5.92 Å². The quantitative estimate of drug-likeness (QED) is 0.847. The second-order valence-corrected chi connectivity index (χ2v) is 6.07. The van der Waals surface area contributed by atoms with Gasteiger partial charge in [0.05, 0.1) is 0 Å². The van der Waals surface area contributed by atoms with Crippen LogP contribution in [0.4, 0.5) is 4.39 Å². The van der Waals surface area contributed by atoms with Crippen LogP contribution in [0.2, 0.25) is 0 Å². The number of likely N-dealkylation sites (tertiary alicyclic amines) is 1. The van der Waals surface area contributed by atoms with E-state index >= 15 is 0 Å². The Hall–Kier alpha value is -2.17. The predicted molar refractivity (Wildman–Crippen MR) is 86.2 cm³/mol. The lowest BCUT2D eigenvalue weighted by atomic mass is 9.93. The SMILES string of the molecule is C/C(=C/c1ccc(F)cc1)C(=O)N1CCCC(CCC(=O)O)C1. The first-order chi connectivity index (χ1) is 11.0. The van der Waals surface area contributed by atoms with Crippen molar-refractivity contribution in [2.45, 2.75) is 32.6 Å². The van der Waals surface area contributed by atoms with Gasteiger partial charge < -0.3 is 10.0 Å². The molecule has 0 aromatic heterocycles. The molecular formula is C18H22FNO3. The molecule has 1 amide bonds. The Bertz CT molecular complexity index is 595. The van der Waals surface area contributed by atoms with Crippen LogP contribution in [-0.4, -0.2) is 35.0 Å². The number of rotatable bonds is 5. The summed E-state index contributed by atoms with van der Waals surface area (Å²) in [6.45, 7) is 3.07. The summed E-state index contributed by atoms with van der Waals surface area (Å²) in [6.07, 6.45) is 4.39. The second kappa shape index (κ2) is 7.90. The minimum Gasteiger partial charge on any atom is -0.481 e. The highest BCUT2D eigenvalue weighted by atomic mass is 19.1. The van der Waals surface area contributed by atoms with Gasteiger partial charge in [0, 0.05) is 25.1 Å². The summed E-state index contributed by atoms with van der Waals surface area (Å²) in [5.41, 5.74) is 1.40. The summed E-state index contributed by atoms with van der Waals surface area (Å²) in [4.78, 5) is 25.0. The van der Waals surface area contributed by atoms with Crippen molar-refractivity contribution in [3.05, 3.63) is 41.2 Å². The number of benzene rings is 1. The van der Waals surface area contributed by atoms with Gasteiger partial charge in [-0.1, -0.05) is 12.1 Å². The molecule has 1 atom stereocenters. The van der Waals surface area contributed by atoms with Gasteiger partial charge in [0.1, 0.15) is 5.82 Å². The van der Waals surface area contributed by atoms with E-state index in [1.807, 2.05) is 0 Å². The van der Waals surface area contributed by atoms with Crippen LogP contribution in [0.5, 0.6) is 0 Å². The van der Waals surface area contributed by atoms with Gasteiger partial charge in [0.25, 0.3) is 0 Å². The van der Waals surface area contributed by atoms with Gasteiger partial charge in [-0.2, -0.15) is 0 Å². The monoisotopic (exact) mass is 319 g/mol. The first-order valence-corrected chi connectivity index (χ1v) is 7.90. The van der Waals surface area contributed by atoms with E-state index in [1.54, 1.807) is 30.0 Å². The van der Waals surface area contributed by atoms with Gasteiger partial charge in [-0.25, -0.2) is 4.39 Å². The average molecular weight is 319 g/mol. The fourth-order valence-electron chi connectivity index (χ4n) is 2.93. The van der Waals surface area contributed by atoms with Crippen molar-refractivity contribution >= 4 is 18.0 Å². The van der Waals surface area contributed by atoms with Crippen molar-refractivity contribution in [1.29, 1.82) is 0 Å². The molecule has 1 fully saturated rings. The summed E-state index contributed by atoms with van der Waals surface area (Å²) >= 11 is 0. The maximum Gasteiger partial charge on any atom is 0.303 e. The van der Waals surface area contributed by atoms with Crippen LogP contribution in [0, 0.1) is 11.7 Å². The maximum absolute atomic E-state index is 12.9. The van der Waals surface area contributed by atoms with E-state index in [2.05, 4.69) is 0 Å².